The van der Waals surface area contributed by atoms with Gasteiger partial charge in [0.25, 0.3) is 0 Å². The topological polar surface area (TPSA) is 42.0 Å². The predicted octanol–water partition coefficient (Wildman–Crippen LogP) is 1.35. The van der Waals surface area contributed by atoms with E-state index in [1.54, 1.807) is 19.4 Å². The lowest BCUT2D eigenvalue weighted by Gasteiger charge is -2.08. The van der Waals surface area contributed by atoms with E-state index in [9.17, 15) is 4.79 Å². The van der Waals surface area contributed by atoms with Crippen LogP contribution in [0.4, 0.5) is 0 Å². The zero-order valence-electron chi connectivity index (χ0n) is 7.65. The third-order valence-corrected chi connectivity index (χ3v) is 1.82. The number of halogens is 1. The molecule has 0 aliphatic rings. The first-order valence-corrected chi connectivity index (χ1v) is 3.87. The van der Waals surface area contributed by atoms with E-state index in [4.69, 9.17) is 0 Å². The van der Waals surface area contributed by atoms with E-state index in [2.05, 4.69) is 10.3 Å². The summed E-state index contributed by atoms with van der Waals surface area (Å²) in [7, 11) is 1.63. The molecule has 0 aromatic carbocycles. The fourth-order valence-electron chi connectivity index (χ4n) is 1.000. The van der Waals surface area contributed by atoms with Crippen LogP contribution in [0.15, 0.2) is 24.5 Å². The fraction of sp³-hybridized carbons (Fsp3) is 0.333. The molecule has 1 aromatic heterocycles. The molecule has 72 valence electrons. The lowest BCUT2D eigenvalue weighted by Crippen LogP contribution is -2.23. The minimum atomic E-state index is -0.122. The van der Waals surface area contributed by atoms with E-state index in [1.165, 1.54) is 0 Å². The first kappa shape index (κ1) is 11.9. The maximum atomic E-state index is 11.2. The monoisotopic (exact) mass is 200 g/mol. The van der Waals surface area contributed by atoms with Crippen molar-refractivity contribution in [2.24, 2.45) is 0 Å². The van der Waals surface area contributed by atoms with E-state index in [-0.39, 0.29) is 24.2 Å². The SMILES string of the molecule is CNC(=O)C(C)c1cccnc1.Cl. The molecule has 4 heteroatoms. The fourth-order valence-corrected chi connectivity index (χ4v) is 1.000. The third-order valence-electron chi connectivity index (χ3n) is 1.82. The van der Waals surface area contributed by atoms with Crippen LogP contribution in [0.1, 0.15) is 18.4 Å². The van der Waals surface area contributed by atoms with Crippen LogP contribution in [-0.4, -0.2) is 17.9 Å². The second kappa shape index (κ2) is 5.54. The quantitative estimate of drug-likeness (QED) is 0.783. The second-order valence-electron chi connectivity index (χ2n) is 2.62. The van der Waals surface area contributed by atoms with Crippen LogP contribution < -0.4 is 5.32 Å². The van der Waals surface area contributed by atoms with Gasteiger partial charge >= 0.3 is 0 Å². The Kier molecular flexibility index (Phi) is 5.07. The molecule has 13 heavy (non-hydrogen) atoms. The van der Waals surface area contributed by atoms with Gasteiger partial charge in [-0.15, -0.1) is 12.4 Å². The highest BCUT2D eigenvalue weighted by Crippen LogP contribution is 2.12. The lowest BCUT2D eigenvalue weighted by molar-refractivity contribution is -0.121. The van der Waals surface area contributed by atoms with Crippen molar-refractivity contribution >= 4 is 18.3 Å². The van der Waals surface area contributed by atoms with Crippen molar-refractivity contribution in [3.8, 4) is 0 Å². The van der Waals surface area contributed by atoms with Crippen LogP contribution >= 0.6 is 12.4 Å². The molecule has 0 fully saturated rings. The van der Waals surface area contributed by atoms with Crippen molar-refractivity contribution in [2.75, 3.05) is 7.05 Å². The summed E-state index contributed by atoms with van der Waals surface area (Å²) in [6.07, 6.45) is 3.40. The van der Waals surface area contributed by atoms with Gasteiger partial charge in [-0.3, -0.25) is 9.78 Å². The summed E-state index contributed by atoms with van der Waals surface area (Å²) in [5.74, 6) is -0.105. The molecule has 1 aromatic rings. The van der Waals surface area contributed by atoms with Gasteiger partial charge in [-0.1, -0.05) is 6.07 Å². The Morgan fingerprint density at radius 3 is 2.77 bits per heavy atom. The summed E-state index contributed by atoms with van der Waals surface area (Å²) in [4.78, 5) is 15.1. The van der Waals surface area contributed by atoms with E-state index in [0.717, 1.165) is 5.56 Å². The average Bonchev–Trinajstić information content (AvgIpc) is 2.17. The summed E-state index contributed by atoms with van der Waals surface area (Å²) < 4.78 is 0. The molecule has 1 unspecified atom stereocenters. The minimum Gasteiger partial charge on any atom is -0.359 e. The number of hydrogen-bond donors (Lipinski definition) is 1. The summed E-state index contributed by atoms with van der Waals surface area (Å²) >= 11 is 0. The van der Waals surface area contributed by atoms with Gasteiger partial charge in [-0.25, -0.2) is 0 Å². The molecule has 0 spiro atoms. The van der Waals surface area contributed by atoms with Gasteiger partial charge < -0.3 is 5.32 Å². The Hall–Kier alpha value is -1.09. The van der Waals surface area contributed by atoms with Crippen LogP contribution in [0.3, 0.4) is 0 Å². The van der Waals surface area contributed by atoms with E-state index >= 15 is 0 Å². The summed E-state index contributed by atoms with van der Waals surface area (Å²) in [5, 5.41) is 2.60. The van der Waals surface area contributed by atoms with Crippen LogP contribution in [0.2, 0.25) is 0 Å². The Labute approximate surface area is 84.0 Å². The average molecular weight is 201 g/mol. The minimum absolute atomic E-state index is 0. The van der Waals surface area contributed by atoms with Crippen molar-refractivity contribution in [1.29, 1.82) is 0 Å². The standard InChI is InChI=1S/C9H12N2O.ClH/c1-7(9(12)10-2)8-4-3-5-11-6-8;/h3-7H,1-2H3,(H,10,12);1H. The zero-order chi connectivity index (χ0) is 8.97. The van der Waals surface area contributed by atoms with Gasteiger partial charge in [0.15, 0.2) is 0 Å². The normalized spacial score (nSPS) is 11.2. The summed E-state index contributed by atoms with van der Waals surface area (Å²) in [5.41, 5.74) is 0.942. The van der Waals surface area contributed by atoms with Crippen molar-refractivity contribution in [3.05, 3.63) is 30.1 Å². The maximum absolute atomic E-state index is 11.2. The van der Waals surface area contributed by atoms with Crippen LogP contribution in [-0.2, 0) is 4.79 Å². The Bertz CT molecular complexity index is 264. The number of amides is 1. The Balaban J connectivity index is 0.00000144. The smallest absolute Gasteiger partial charge is 0.227 e. The van der Waals surface area contributed by atoms with Gasteiger partial charge in [0.2, 0.25) is 5.91 Å². The van der Waals surface area contributed by atoms with Gasteiger partial charge in [0.1, 0.15) is 0 Å². The highest BCUT2D eigenvalue weighted by molar-refractivity contribution is 5.85. The first-order chi connectivity index (χ1) is 5.75. The highest BCUT2D eigenvalue weighted by Gasteiger charge is 2.12. The molecular formula is C9H13ClN2O. The number of nitrogens with zero attached hydrogens (tertiary/aromatic N) is 1. The third kappa shape index (κ3) is 3.03. The molecule has 0 saturated heterocycles. The number of rotatable bonds is 2. The molecule has 0 saturated carbocycles. The molecule has 0 aliphatic heterocycles. The van der Waals surface area contributed by atoms with E-state index in [0.29, 0.717) is 0 Å². The lowest BCUT2D eigenvalue weighted by atomic mass is 10.0. The first-order valence-electron chi connectivity index (χ1n) is 3.87. The maximum Gasteiger partial charge on any atom is 0.227 e. The molecule has 1 amide bonds. The number of hydrogen-bond acceptors (Lipinski definition) is 2. The summed E-state index contributed by atoms with van der Waals surface area (Å²) in [6.45, 7) is 1.86. The molecule has 0 bridgehead atoms. The van der Waals surface area contributed by atoms with Crippen molar-refractivity contribution in [3.63, 3.8) is 0 Å². The number of aromatic nitrogens is 1. The molecular weight excluding hydrogens is 188 g/mol. The molecule has 3 nitrogen and oxygen atoms in total. The largest absolute Gasteiger partial charge is 0.359 e. The van der Waals surface area contributed by atoms with Crippen molar-refractivity contribution < 1.29 is 4.79 Å². The predicted molar refractivity (Wildman–Crippen MR) is 54.0 cm³/mol. The molecule has 0 aliphatic carbocycles. The summed E-state index contributed by atoms with van der Waals surface area (Å²) in [6, 6.07) is 3.72. The van der Waals surface area contributed by atoms with Gasteiger partial charge in [-0.05, 0) is 18.6 Å². The zero-order valence-corrected chi connectivity index (χ0v) is 8.47. The molecule has 0 radical (unpaired) electrons. The van der Waals surface area contributed by atoms with Crippen LogP contribution in [0.5, 0.6) is 0 Å². The van der Waals surface area contributed by atoms with Crippen molar-refractivity contribution in [2.45, 2.75) is 12.8 Å². The Morgan fingerprint density at radius 1 is 1.62 bits per heavy atom. The number of nitrogens with one attached hydrogen (secondary N) is 1. The second-order valence-corrected chi connectivity index (χ2v) is 2.62. The number of carbonyl (C=O) groups excluding carboxylic acids is 1. The molecule has 1 rings (SSSR count). The number of pyridine rings is 1. The van der Waals surface area contributed by atoms with Crippen molar-refractivity contribution in [1.82, 2.24) is 10.3 Å². The van der Waals surface area contributed by atoms with Gasteiger partial charge in [-0.2, -0.15) is 0 Å². The molecule has 1 heterocycles. The number of carbonyl (C=O) groups is 1. The molecule has 1 atom stereocenters. The van der Waals surface area contributed by atoms with Gasteiger partial charge in [0.05, 0.1) is 5.92 Å². The van der Waals surface area contributed by atoms with E-state index in [1.807, 2.05) is 19.1 Å². The number of likely N-dealkylation sites (N-methyl/N-ethyl adjacent to an activating group) is 1. The van der Waals surface area contributed by atoms with Crippen LogP contribution in [0, 0.1) is 0 Å². The molecule has 1 N–H and O–H groups in total. The Morgan fingerprint density at radius 2 is 2.31 bits per heavy atom. The highest BCUT2D eigenvalue weighted by atomic mass is 35.5. The van der Waals surface area contributed by atoms with Gasteiger partial charge in [0, 0.05) is 19.4 Å². The van der Waals surface area contributed by atoms with E-state index < -0.39 is 0 Å². The van der Waals surface area contributed by atoms with Crippen LogP contribution in [0.25, 0.3) is 0 Å².